The lowest BCUT2D eigenvalue weighted by Crippen LogP contribution is -2.44. The van der Waals surface area contributed by atoms with Crippen molar-refractivity contribution in [1.29, 1.82) is 0 Å². The van der Waals surface area contributed by atoms with Gasteiger partial charge in [-0.3, -0.25) is 14.5 Å². The maximum Gasteiger partial charge on any atom is 0.320 e. The van der Waals surface area contributed by atoms with E-state index in [1.807, 2.05) is 4.90 Å². The number of piperidine rings is 1. The summed E-state index contributed by atoms with van der Waals surface area (Å²) < 4.78 is 11.0. The van der Waals surface area contributed by atoms with Gasteiger partial charge >= 0.3 is 5.97 Å². The quantitative estimate of drug-likeness (QED) is 0.664. The number of hydrogen-bond donors (Lipinski definition) is 2. The third kappa shape index (κ3) is 3.64. The highest BCUT2D eigenvalue weighted by atomic mass is 16.5. The molecule has 1 atom stereocenters. The van der Waals surface area contributed by atoms with E-state index in [0.29, 0.717) is 40.8 Å². The Kier molecular flexibility index (Phi) is 5.46. The van der Waals surface area contributed by atoms with Crippen molar-refractivity contribution in [2.24, 2.45) is 0 Å². The molecule has 1 aliphatic heterocycles. The molecule has 0 radical (unpaired) electrons. The normalized spacial score (nSPS) is 17.2. The maximum atomic E-state index is 13.1. The van der Waals surface area contributed by atoms with Crippen molar-refractivity contribution in [3.63, 3.8) is 0 Å². The highest BCUT2D eigenvalue weighted by Crippen LogP contribution is 2.31. The van der Waals surface area contributed by atoms with Crippen molar-refractivity contribution in [3.8, 4) is 22.6 Å². The van der Waals surface area contributed by atoms with E-state index in [1.165, 1.54) is 18.4 Å². The number of carboxylic acids is 1. The number of aliphatic carboxylic acids is 1. The molecular formula is C23H23NO6. The second-order valence-electron chi connectivity index (χ2n) is 7.47. The lowest BCUT2D eigenvalue weighted by molar-refractivity contribution is -0.144. The molecule has 156 valence electrons. The fraction of sp³-hybridized carbons (Fsp3) is 0.304. The molecule has 2 heterocycles. The largest absolute Gasteiger partial charge is 0.507 e. The van der Waals surface area contributed by atoms with E-state index in [2.05, 4.69) is 0 Å². The average molecular weight is 409 g/mol. The maximum absolute atomic E-state index is 13.1. The minimum absolute atomic E-state index is 0.0161. The van der Waals surface area contributed by atoms with Gasteiger partial charge in [0.15, 0.2) is 0 Å². The van der Waals surface area contributed by atoms with Crippen LogP contribution in [0.4, 0.5) is 0 Å². The van der Waals surface area contributed by atoms with Gasteiger partial charge < -0.3 is 19.4 Å². The van der Waals surface area contributed by atoms with E-state index in [1.54, 1.807) is 31.4 Å². The molecule has 1 fully saturated rings. The molecule has 1 aliphatic rings. The smallest absolute Gasteiger partial charge is 0.320 e. The number of rotatable bonds is 5. The van der Waals surface area contributed by atoms with Gasteiger partial charge in [-0.15, -0.1) is 0 Å². The molecule has 30 heavy (non-hydrogen) atoms. The second-order valence-corrected chi connectivity index (χ2v) is 7.47. The van der Waals surface area contributed by atoms with Gasteiger partial charge in [0.05, 0.1) is 23.6 Å². The highest BCUT2D eigenvalue weighted by Gasteiger charge is 2.30. The number of carboxylic acid groups (broad SMARTS) is 1. The average Bonchev–Trinajstić information content (AvgIpc) is 2.76. The molecule has 0 spiro atoms. The highest BCUT2D eigenvalue weighted by molar-refractivity contribution is 5.85. The fourth-order valence-corrected chi connectivity index (χ4v) is 4.03. The third-order valence-corrected chi connectivity index (χ3v) is 5.68. The number of phenolic OH excluding ortho intramolecular Hbond substituents is 1. The Morgan fingerprint density at radius 1 is 1.20 bits per heavy atom. The van der Waals surface area contributed by atoms with Crippen molar-refractivity contribution < 1.29 is 24.2 Å². The minimum Gasteiger partial charge on any atom is -0.507 e. The number of nitrogens with zero attached hydrogens (tertiary/aromatic N) is 1. The van der Waals surface area contributed by atoms with Crippen molar-refractivity contribution >= 4 is 16.9 Å². The van der Waals surface area contributed by atoms with Crippen molar-refractivity contribution in [2.75, 3.05) is 13.7 Å². The summed E-state index contributed by atoms with van der Waals surface area (Å²) in [6.07, 6.45) is 3.70. The van der Waals surface area contributed by atoms with Crippen LogP contribution in [0.3, 0.4) is 0 Å². The van der Waals surface area contributed by atoms with E-state index in [0.717, 1.165) is 12.8 Å². The molecule has 1 saturated heterocycles. The van der Waals surface area contributed by atoms with Crippen LogP contribution in [0.25, 0.3) is 22.1 Å². The van der Waals surface area contributed by atoms with Gasteiger partial charge in [-0.05, 0) is 49.2 Å². The molecule has 7 nitrogen and oxygen atoms in total. The van der Waals surface area contributed by atoms with Gasteiger partial charge in [-0.25, -0.2) is 0 Å². The molecule has 2 N–H and O–H groups in total. The SMILES string of the molecule is COc1ccc(-c2coc3c(CN4CCCCC4C(=O)O)c(O)ccc3c2=O)cc1. The van der Waals surface area contributed by atoms with Crippen LogP contribution in [0.1, 0.15) is 24.8 Å². The Morgan fingerprint density at radius 2 is 1.97 bits per heavy atom. The summed E-state index contributed by atoms with van der Waals surface area (Å²) in [6, 6.07) is 9.49. The summed E-state index contributed by atoms with van der Waals surface area (Å²) in [7, 11) is 1.57. The molecule has 0 aliphatic carbocycles. The van der Waals surface area contributed by atoms with Crippen LogP contribution >= 0.6 is 0 Å². The number of likely N-dealkylation sites (tertiary alicyclic amines) is 1. The molecule has 4 rings (SSSR count). The van der Waals surface area contributed by atoms with Gasteiger partial charge in [-0.2, -0.15) is 0 Å². The number of carbonyl (C=O) groups is 1. The van der Waals surface area contributed by atoms with E-state index < -0.39 is 12.0 Å². The number of fused-ring (bicyclic) bond motifs is 1. The number of methoxy groups -OCH3 is 1. The first kappa shape index (κ1) is 20.0. The summed E-state index contributed by atoms with van der Waals surface area (Å²) >= 11 is 0. The standard InChI is InChI=1S/C23H23NO6/c1-29-15-7-5-14(6-8-15)18-13-30-22-16(21(18)26)9-10-20(25)17(22)12-24-11-3-2-4-19(24)23(27)28/h5-10,13,19,25H,2-4,11-12H2,1H3,(H,27,28). The fourth-order valence-electron chi connectivity index (χ4n) is 4.03. The molecule has 0 bridgehead atoms. The summed E-state index contributed by atoms with van der Waals surface area (Å²) in [5, 5.41) is 20.3. The predicted octanol–water partition coefficient (Wildman–Crippen LogP) is 3.61. The van der Waals surface area contributed by atoms with E-state index in [4.69, 9.17) is 9.15 Å². The molecule has 1 aromatic heterocycles. The first-order valence-corrected chi connectivity index (χ1v) is 9.87. The topological polar surface area (TPSA) is 100 Å². The van der Waals surface area contributed by atoms with Crippen LogP contribution in [0.5, 0.6) is 11.5 Å². The summed E-state index contributed by atoms with van der Waals surface area (Å²) in [4.78, 5) is 26.6. The van der Waals surface area contributed by atoms with Crippen LogP contribution in [0.2, 0.25) is 0 Å². The predicted molar refractivity (Wildman–Crippen MR) is 112 cm³/mol. The number of ether oxygens (including phenoxy) is 1. The lowest BCUT2D eigenvalue weighted by atomic mass is 9.99. The first-order chi connectivity index (χ1) is 14.5. The van der Waals surface area contributed by atoms with Crippen LogP contribution in [-0.4, -0.2) is 40.8 Å². The molecule has 7 heteroatoms. The van der Waals surface area contributed by atoms with Crippen molar-refractivity contribution in [1.82, 2.24) is 4.90 Å². The Labute approximate surface area is 173 Å². The van der Waals surface area contributed by atoms with Gasteiger partial charge in [0.25, 0.3) is 0 Å². The monoisotopic (exact) mass is 409 g/mol. The van der Waals surface area contributed by atoms with Crippen molar-refractivity contribution in [3.05, 3.63) is 58.4 Å². The zero-order valence-corrected chi connectivity index (χ0v) is 16.6. The van der Waals surface area contributed by atoms with E-state index >= 15 is 0 Å². The van der Waals surface area contributed by atoms with Gasteiger partial charge in [0.2, 0.25) is 5.43 Å². The van der Waals surface area contributed by atoms with E-state index in [9.17, 15) is 19.8 Å². The number of benzene rings is 2. The second kappa shape index (κ2) is 8.20. The van der Waals surface area contributed by atoms with Crippen LogP contribution < -0.4 is 10.2 Å². The van der Waals surface area contributed by atoms with E-state index in [-0.39, 0.29) is 23.3 Å². The Hall–Kier alpha value is -3.32. The number of aromatic hydroxyl groups is 1. The minimum atomic E-state index is -0.877. The number of hydrogen-bond acceptors (Lipinski definition) is 6. The molecule has 0 saturated carbocycles. The zero-order chi connectivity index (χ0) is 21.3. The molecular weight excluding hydrogens is 386 g/mol. The zero-order valence-electron chi connectivity index (χ0n) is 16.6. The number of phenols is 1. The first-order valence-electron chi connectivity index (χ1n) is 9.87. The van der Waals surface area contributed by atoms with Gasteiger partial charge in [0.1, 0.15) is 29.4 Å². The summed E-state index contributed by atoms with van der Waals surface area (Å²) in [5.74, 6) is -0.208. The van der Waals surface area contributed by atoms with Crippen LogP contribution in [0.15, 0.2) is 51.9 Å². The summed E-state index contributed by atoms with van der Waals surface area (Å²) in [6.45, 7) is 0.811. The van der Waals surface area contributed by atoms with Gasteiger partial charge in [0, 0.05) is 6.54 Å². The molecule has 2 aromatic carbocycles. The Balaban J connectivity index is 1.76. The lowest BCUT2D eigenvalue weighted by Gasteiger charge is -2.33. The Bertz CT molecular complexity index is 1130. The molecule has 0 amide bonds. The van der Waals surface area contributed by atoms with Crippen LogP contribution in [0, 0.1) is 0 Å². The Morgan fingerprint density at radius 3 is 2.67 bits per heavy atom. The van der Waals surface area contributed by atoms with Crippen LogP contribution in [-0.2, 0) is 11.3 Å². The summed E-state index contributed by atoms with van der Waals surface area (Å²) in [5.41, 5.74) is 1.60. The van der Waals surface area contributed by atoms with Crippen molar-refractivity contribution in [2.45, 2.75) is 31.8 Å². The molecule has 3 aromatic rings. The van der Waals surface area contributed by atoms with Gasteiger partial charge in [-0.1, -0.05) is 18.6 Å². The molecule has 1 unspecified atom stereocenters. The third-order valence-electron chi connectivity index (χ3n) is 5.68.